The molecule has 1 aromatic heterocycles. The van der Waals surface area contributed by atoms with Gasteiger partial charge in [-0.3, -0.25) is 0 Å². The first-order valence-electron chi connectivity index (χ1n) is 4.99. The number of nitrogens with zero attached hydrogens (tertiary/aromatic N) is 2. The molecule has 0 fully saturated rings. The van der Waals surface area contributed by atoms with Gasteiger partial charge in [-0.25, -0.2) is 4.98 Å². The van der Waals surface area contributed by atoms with E-state index in [-0.39, 0.29) is 0 Å². The average molecular weight is 218 g/mol. The van der Waals surface area contributed by atoms with Crippen LogP contribution in [0.15, 0.2) is 36.7 Å². The highest BCUT2D eigenvalue weighted by molar-refractivity contribution is 5.58. The van der Waals surface area contributed by atoms with Crippen molar-refractivity contribution in [1.29, 1.82) is 0 Å². The summed E-state index contributed by atoms with van der Waals surface area (Å²) < 4.78 is 12.2. The van der Waals surface area contributed by atoms with Crippen molar-refractivity contribution in [2.24, 2.45) is 0 Å². The van der Waals surface area contributed by atoms with Crippen LogP contribution >= 0.6 is 0 Å². The van der Waals surface area contributed by atoms with E-state index in [1.807, 2.05) is 35.0 Å². The highest BCUT2D eigenvalue weighted by atomic mass is 16.5. The van der Waals surface area contributed by atoms with Gasteiger partial charge in [-0.15, -0.1) is 0 Å². The molecule has 0 aliphatic carbocycles. The molecule has 0 N–H and O–H groups in total. The third-order valence-corrected chi connectivity index (χ3v) is 2.31. The molecule has 0 spiro atoms. The number of hydrogen-bond donors (Lipinski definition) is 0. The van der Waals surface area contributed by atoms with Crippen molar-refractivity contribution in [3.8, 4) is 17.1 Å². The lowest BCUT2D eigenvalue weighted by molar-refractivity contribution is 0.132. The second kappa shape index (κ2) is 4.81. The Kier molecular flexibility index (Phi) is 3.22. The topological polar surface area (TPSA) is 36.3 Å². The first-order chi connectivity index (χ1) is 7.85. The van der Waals surface area contributed by atoms with E-state index in [1.165, 1.54) is 0 Å². The van der Waals surface area contributed by atoms with Crippen LogP contribution in [-0.4, -0.2) is 23.8 Å². The van der Waals surface area contributed by atoms with Gasteiger partial charge in [0.15, 0.2) is 0 Å². The van der Waals surface area contributed by atoms with Crippen LogP contribution in [0.1, 0.15) is 0 Å². The molecular weight excluding hydrogens is 204 g/mol. The van der Waals surface area contributed by atoms with Crippen LogP contribution in [0, 0.1) is 0 Å². The molecule has 0 atom stereocenters. The Bertz CT molecular complexity index is 466. The Labute approximate surface area is 94.4 Å². The van der Waals surface area contributed by atoms with Crippen molar-refractivity contribution in [3.05, 3.63) is 36.7 Å². The van der Waals surface area contributed by atoms with Gasteiger partial charge in [-0.2, -0.15) is 0 Å². The number of benzene rings is 1. The lowest BCUT2D eigenvalue weighted by Gasteiger charge is -2.07. The minimum Gasteiger partial charge on any atom is -0.497 e. The molecule has 0 saturated carbocycles. The Morgan fingerprint density at radius 1 is 1.31 bits per heavy atom. The summed E-state index contributed by atoms with van der Waals surface area (Å²) in [6.07, 6.45) is 3.64. The molecule has 0 radical (unpaired) electrons. The maximum atomic E-state index is 5.18. The zero-order valence-electron chi connectivity index (χ0n) is 9.38. The number of rotatable bonds is 4. The summed E-state index contributed by atoms with van der Waals surface area (Å²) in [5.41, 5.74) is 1.02. The molecule has 0 aliphatic heterocycles. The van der Waals surface area contributed by atoms with Gasteiger partial charge in [0, 0.05) is 25.1 Å². The van der Waals surface area contributed by atoms with E-state index in [9.17, 15) is 0 Å². The van der Waals surface area contributed by atoms with Crippen LogP contribution in [0.5, 0.6) is 5.75 Å². The molecule has 2 rings (SSSR count). The number of hydrogen-bond acceptors (Lipinski definition) is 3. The number of ether oxygens (including phenoxy) is 2. The second-order valence-corrected chi connectivity index (χ2v) is 3.37. The van der Waals surface area contributed by atoms with Crippen molar-refractivity contribution in [2.45, 2.75) is 6.73 Å². The standard InChI is InChI=1S/C12H14N2O2/c1-15-9-14-7-6-13-12(14)10-4-3-5-11(8-10)16-2/h3-8H,9H2,1-2H3. The van der Waals surface area contributed by atoms with Crippen molar-refractivity contribution in [2.75, 3.05) is 14.2 Å². The maximum absolute atomic E-state index is 5.18. The van der Waals surface area contributed by atoms with Gasteiger partial charge in [-0.05, 0) is 12.1 Å². The van der Waals surface area contributed by atoms with Gasteiger partial charge in [0.2, 0.25) is 0 Å². The number of methoxy groups -OCH3 is 2. The van der Waals surface area contributed by atoms with E-state index in [2.05, 4.69) is 4.98 Å². The predicted molar refractivity (Wildman–Crippen MR) is 61.2 cm³/mol. The van der Waals surface area contributed by atoms with E-state index in [4.69, 9.17) is 9.47 Å². The fourth-order valence-electron chi connectivity index (χ4n) is 1.57. The lowest BCUT2D eigenvalue weighted by Crippen LogP contribution is -2.00. The fourth-order valence-corrected chi connectivity index (χ4v) is 1.57. The minimum atomic E-state index is 0.493. The molecule has 0 bridgehead atoms. The monoisotopic (exact) mass is 218 g/mol. The molecule has 0 amide bonds. The Hall–Kier alpha value is -1.81. The minimum absolute atomic E-state index is 0.493. The smallest absolute Gasteiger partial charge is 0.141 e. The normalized spacial score (nSPS) is 10.4. The predicted octanol–water partition coefficient (Wildman–Crippen LogP) is 2.16. The molecule has 0 saturated heterocycles. The summed E-state index contributed by atoms with van der Waals surface area (Å²) in [6.45, 7) is 0.493. The largest absolute Gasteiger partial charge is 0.497 e. The summed E-state index contributed by atoms with van der Waals surface area (Å²) in [4.78, 5) is 4.31. The van der Waals surface area contributed by atoms with Crippen LogP contribution in [0.25, 0.3) is 11.4 Å². The van der Waals surface area contributed by atoms with Crippen LogP contribution < -0.4 is 4.74 Å². The highest BCUT2D eigenvalue weighted by Gasteiger charge is 2.06. The van der Waals surface area contributed by atoms with Crippen molar-refractivity contribution in [3.63, 3.8) is 0 Å². The van der Waals surface area contributed by atoms with Gasteiger partial charge in [0.25, 0.3) is 0 Å². The van der Waals surface area contributed by atoms with E-state index < -0.39 is 0 Å². The third-order valence-electron chi connectivity index (χ3n) is 2.31. The van der Waals surface area contributed by atoms with E-state index in [1.54, 1.807) is 20.4 Å². The van der Waals surface area contributed by atoms with Crippen LogP contribution in [0.4, 0.5) is 0 Å². The van der Waals surface area contributed by atoms with Gasteiger partial charge in [0.05, 0.1) is 7.11 Å². The molecule has 4 nitrogen and oxygen atoms in total. The fraction of sp³-hybridized carbons (Fsp3) is 0.250. The molecule has 0 aliphatic rings. The molecule has 0 unspecified atom stereocenters. The Morgan fingerprint density at radius 2 is 2.19 bits per heavy atom. The van der Waals surface area contributed by atoms with E-state index >= 15 is 0 Å². The molecule has 84 valence electrons. The average Bonchev–Trinajstić information content (AvgIpc) is 2.78. The molecule has 1 aromatic carbocycles. The zero-order valence-corrected chi connectivity index (χ0v) is 9.38. The van der Waals surface area contributed by atoms with E-state index in [0.29, 0.717) is 6.73 Å². The lowest BCUT2D eigenvalue weighted by atomic mass is 10.2. The Balaban J connectivity index is 2.37. The van der Waals surface area contributed by atoms with Crippen molar-refractivity contribution >= 4 is 0 Å². The molecule has 1 heterocycles. The highest BCUT2D eigenvalue weighted by Crippen LogP contribution is 2.22. The first-order valence-corrected chi connectivity index (χ1v) is 4.99. The zero-order chi connectivity index (χ0) is 11.4. The summed E-state index contributed by atoms with van der Waals surface area (Å²) >= 11 is 0. The summed E-state index contributed by atoms with van der Waals surface area (Å²) in [7, 11) is 3.32. The number of imidazole rings is 1. The second-order valence-electron chi connectivity index (χ2n) is 3.37. The SMILES string of the molecule is COCn1ccnc1-c1cccc(OC)c1. The van der Waals surface area contributed by atoms with Crippen LogP contribution in [0.3, 0.4) is 0 Å². The molecule has 16 heavy (non-hydrogen) atoms. The van der Waals surface area contributed by atoms with Gasteiger partial charge >= 0.3 is 0 Å². The summed E-state index contributed by atoms with van der Waals surface area (Å²) in [5.74, 6) is 1.70. The van der Waals surface area contributed by atoms with E-state index in [0.717, 1.165) is 17.1 Å². The summed E-state index contributed by atoms with van der Waals surface area (Å²) in [5, 5.41) is 0. The third kappa shape index (κ3) is 2.06. The van der Waals surface area contributed by atoms with Gasteiger partial charge in [0.1, 0.15) is 18.3 Å². The molecule has 2 aromatic rings. The van der Waals surface area contributed by atoms with Crippen molar-refractivity contribution < 1.29 is 9.47 Å². The van der Waals surface area contributed by atoms with Crippen LogP contribution in [-0.2, 0) is 11.5 Å². The number of aromatic nitrogens is 2. The summed E-state index contributed by atoms with van der Waals surface area (Å²) in [6, 6.07) is 7.80. The quantitative estimate of drug-likeness (QED) is 0.789. The van der Waals surface area contributed by atoms with Gasteiger partial charge < -0.3 is 14.0 Å². The Morgan fingerprint density at radius 3 is 2.94 bits per heavy atom. The molecule has 4 heteroatoms. The van der Waals surface area contributed by atoms with Gasteiger partial charge in [-0.1, -0.05) is 12.1 Å². The van der Waals surface area contributed by atoms with Crippen LogP contribution in [0.2, 0.25) is 0 Å². The van der Waals surface area contributed by atoms with Crippen molar-refractivity contribution in [1.82, 2.24) is 9.55 Å². The first kappa shape index (κ1) is 10.7. The maximum Gasteiger partial charge on any atom is 0.141 e. The molecular formula is C12H14N2O2.